The lowest BCUT2D eigenvalue weighted by Gasteiger charge is -2.35. The maximum Gasteiger partial charge on any atom is 0.311 e. The number of tetrazole rings is 1. The molecule has 0 saturated heterocycles. The van der Waals surface area contributed by atoms with Crippen LogP contribution < -0.4 is 0 Å². The van der Waals surface area contributed by atoms with Crippen molar-refractivity contribution in [3.63, 3.8) is 0 Å². The van der Waals surface area contributed by atoms with E-state index >= 15 is 0 Å². The highest BCUT2D eigenvalue weighted by Crippen LogP contribution is 2.58. The summed E-state index contributed by atoms with van der Waals surface area (Å²) in [6.07, 6.45) is 4.45. The van der Waals surface area contributed by atoms with Gasteiger partial charge in [0.15, 0.2) is 5.82 Å². The Balaban J connectivity index is 1.82. The maximum absolute atomic E-state index is 11.9. The Kier molecular flexibility index (Phi) is 3.30. The van der Waals surface area contributed by atoms with Crippen molar-refractivity contribution in [1.82, 2.24) is 20.2 Å². The van der Waals surface area contributed by atoms with Crippen molar-refractivity contribution >= 4 is 5.97 Å². The first-order valence-electron chi connectivity index (χ1n) is 7.83. The number of rotatable bonds is 4. The molecule has 1 aromatic rings. The van der Waals surface area contributed by atoms with E-state index in [9.17, 15) is 9.90 Å². The van der Waals surface area contributed by atoms with Gasteiger partial charge >= 0.3 is 5.97 Å². The summed E-state index contributed by atoms with van der Waals surface area (Å²) >= 11 is 0. The van der Waals surface area contributed by atoms with Crippen LogP contribution in [0.1, 0.15) is 64.6 Å². The van der Waals surface area contributed by atoms with Crippen molar-refractivity contribution in [2.45, 2.75) is 65.3 Å². The second-order valence-corrected chi connectivity index (χ2v) is 7.71. The highest BCUT2D eigenvalue weighted by molar-refractivity contribution is 5.74. The van der Waals surface area contributed by atoms with E-state index in [1.807, 2.05) is 0 Å². The predicted molar refractivity (Wildman–Crippen MR) is 76.7 cm³/mol. The molecular formula is C15H24N4O2. The summed E-state index contributed by atoms with van der Waals surface area (Å²) in [7, 11) is 0. The van der Waals surface area contributed by atoms with Crippen LogP contribution in [0, 0.1) is 16.7 Å². The molecule has 1 aromatic heterocycles. The van der Waals surface area contributed by atoms with Crippen LogP contribution in [0.4, 0.5) is 0 Å². The molecule has 1 N–H and O–H groups in total. The Morgan fingerprint density at radius 3 is 2.52 bits per heavy atom. The fourth-order valence-corrected chi connectivity index (χ4v) is 3.52. The van der Waals surface area contributed by atoms with Gasteiger partial charge in [-0.2, -0.15) is 0 Å². The zero-order valence-corrected chi connectivity index (χ0v) is 13.0. The zero-order valence-electron chi connectivity index (χ0n) is 13.0. The lowest BCUT2D eigenvalue weighted by molar-refractivity contribution is -0.153. The average Bonchev–Trinajstić information content (AvgIpc) is 2.84. The first kappa shape index (κ1) is 14.5. The Bertz CT molecular complexity index is 544. The van der Waals surface area contributed by atoms with E-state index in [2.05, 4.69) is 36.3 Å². The van der Waals surface area contributed by atoms with Crippen LogP contribution in [0.5, 0.6) is 0 Å². The molecule has 0 amide bonds. The fraction of sp³-hybridized carbons (Fsp3) is 0.867. The minimum Gasteiger partial charge on any atom is -0.481 e. The number of nitrogens with zero attached hydrogens (tertiary/aromatic N) is 4. The lowest BCUT2D eigenvalue weighted by Crippen LogP contribution is -2.39. The Morgan fingerprint density at radius 2 is 2.00 bits per heavy atom. The van der Waals surface area contributed by atoms with Gasteiger partial charge < -0.3 is 5.11 Å². The van der Waals surface area contributed by atoms with Gasteiger partial charge in [0.2, 0.25) is 0 Å². The van der Waals surface area contributed by atoms with Crippen molar-refractivity contribution in [1.29, 1.82) is 0 Å². The molecule has 0 aliphatic heterocycles. The number of aromatic nitrogens is 4. The second-order valence-electron chi connectivity index (χ2n) is 7.71. The standard InChI is InChI=1S/C15H24N4O2/c1-10-4-6-15(7-5-10,13(20)21)9-19-12(16-17-18-19)11-8-14(11,2)3/h10-11H,4-9H2,1-3H3,(H,20,21). The average molecular weight is 292 g/mol. The highest BCUT2D eigenvalue weighted by Gasteiger charge is 2.51. The van der Waals surface area contributed by atoms with Crippen molar-refractivity contribution < 1.29 is 9.90 Å². The number of aliphatic carboxylic acids is 1. The Morgan fingerprint density at radius 1 is 1.38 bits per heavy atom. The normalized spacial score (nSPS) is 34.6. The molecule has 116 valence electrons. The third kappa shape index (κ3) is 2.56. The van der Waals surface area contributed by atoms with Crippen LogP contribution in [-0.2, 0) is 11.3 Å². The van der Waals surface area contributed by atoms with Gasteiger partial charge in [-0.1, -0.05) is 20.8 Å². The highest BCUT2D eigenvalue weighted by atomic mass is 16.4. The largest absolute Gasteiger partial charge is 0.481 e. The molecule has 2 aliphatic rings. The molecule has 21 heavy (non-hydrogen) atoms. The first-order chi connectivity index (χ1) is 9.84. The minimum atomic E-state index is -0.703. The number of carboxylic acid groups (broad SMARTS) is 1. The van der Waals surface area contributed by atoms with E-state index in [1.165, 1.54) is 0 Å². The molecule has 6 heteroatoms. The predicted octanol–water partition coefficient (Wildman–Crippen LogP) is 2.47. The van der Waals surface area contributed by atoms with Gasteiger partial charge in [-0.15, -0.1) is 5.10 Å². The van der Waals surface area contributed by atoms with E-state index in [0.29, 0.717) is 18.4 Å². The van der Waals surface area contributed by atoms with Crippen LogP contribution in [0.15, 0.2) is 0 Å². The van der Waals surface area contributed by atoms with Gasteiger partial charge in [-0.3, -0.25) is 4.79 Å². The molecule has 2 aliphatic carbocycles. The summed E-state index contributed by atoms with van der Waals surface area (Å²) in [4.78, 5) is 11.9. The van der Waals surface area contributed by atoms with E-state index in [0.717, 1.165) is 37.9 Å². The second kappa shape index (κ2) is 4.78. The molecule has 1 atom stereocenters. The summed E-state index contributed by atoms with van der Waals surface area (Å²) in [5.41, 5.74) is -0.459. The molecule has 2 fully saturated rings. The van der Waals surface area contributed by atoms with Crippen LogP contribution in [-0.4, -0.2) is 31.3 Å². The van der Waals surface area contributed by atoms with Gasteiger partial charge in [0.05, 0.1) is 12.0 Å². The van der Waals surface area contributed by atoms with Gasteiger partial charge in [0.25, 0.3) is 0 Å². The number of carboxylic acids is 1. The van der Waals surface area contributed by atoms with Gasteiger partial charge in [-0.25, -0.2) is 4.68 Å². The van der Waals surface area contributed by atoms with Gasteiger partial charge in [-0.05, 0) is 53.9 Å². The summed E-state index contributed by atoms with van der Waals surface area (Å²) in [6, 6.07) is 0. The number of carbonyl (C=O) groups is 1. The van der Waals surface area contributed by atoms with Crippen LogP contribution in [0.2, 0.25) is 0 Å². The molecule has 1 unspecified atom stereocenters. The summed E-state index contributed by atoms with van der Waals surface area (Å²) < 4.78 is 1.75. The zero-order chi connectivity index (χ0) is 15.3. The Hall–Kier alpha value is -1.46. The molecule has 0 aromatic carbocycles. The molecule has 0 bridgehead atoms. The van der Waals surface area contributed by atoms with Crippen LogP contribution >= 0.6 is 0 Å². The quantitative estimate of drug-likeness (QED) is 0.922. The molecule has 0 spiro atoms. The van der Waals surface area contributed by atoms with Crippen molar-refractivity contribution in [2.75, 3.05) is 0 Å². The third-order valence-electron chi connectivity index (χ3n) is 5.52. The van der Waals surface area contributed by atoms with E-state index in [4.69, 9.17) is 0 Å². The third-order valence-corrected chi connectivity index (χ3v) is 5.52. The smallest absolute Gasteiger partial charge is 0.311 e. The molecule has 6 nitrogen and oxygen atoms in total. The summed E-state index contributed by atoms with van der Waals surface area (Å²) in [6.45, 7) is 7.00. The van der Waals surface area contributed by atoms with Crippen molar-refractivity contribution in [2.24, 2.45) is 16.7 Å². The SMILES string of the molecule is CC1CCC(Cn2nnnc2C2CC2(C)C)(C(=O)O)CC1. The monoisotopic (exact) mass is 292 g/mol. The van der Waals surface area contributed by atoms with E-state index < -0.39 is 11.4 Å². The van der Waals surface area contributed by atoms with E-state index in [1.54, 1.807) is 4.68 Å². The maximum atomic E-state index is 11.9. The molecular weight excluding hydrogens is 268 g/mol. The number of hydrogen-bond acceptors (Lipinski definition) is 4. The van der Waals surface area contributed by atoms with Gasteiger partial charge in [0, 0.05) is 5.92 Å². The summed E-state index contributed by atoms with van der Waals surface area (Å²) in [5.74, 6) is 1.14. The minimum absolute atomic E-state index is 0.240. The van der Waals surface area contributed by atoms with E-state index in [-0.39, 0.29) is 5.41 Å². The Labute approximate surface area is 124 Å². The molecule has 0 radical (unpaired) electrons. The summed E-state index contributed by atoms with van der Waals surface area (Å²) in [5, 5.41) is 21.8. The number of hydrogen-bond donors (Lipinski definition) is 1. The molecule has 3 rings (SSSR count). The van der Waals surface area contributed by atoms with Crippen molar-refractivity contribution in [3.05, 3.63) is 5.82 Å². The van der Waals surface area contributed by atoms with Crippen LogP contribution in [0.25, 0.3) is 0 Å². The van der Waals surface area contributed by atoms with Gasteiger partial charge in [0.1, 0.15) is 0 Å². The fourth-order valence-electron chi connectivity index (χ4n) is 3.52. The van der Waals surface area contributed by atoms with Crippen molar-refractivity contribution in [3.8, 4) is 0 Å². The molecule has 2 saturated carbocycles. The molecule has 1 heterocycles. The lowest BCUT2D eigenvalue weighted by atomic mass is 9.71. The first-order valence-corrected chi connectivity index (χ1v) is 7.83. The topological polar surface area (TPSA) is 80.9 Å². The van der Waals surface area contributed by atoms with Crippen LogP contribution in [0.3, 0.4) is 0 Å².